The number of halogens is 2. The molecule has 1 saturated heterocycles. The van der Waals surface area contributed by atoms with Crippen LogP contribution in [-0.4, -0.2) is 65.4 Å². The zero-order valence-electron chi connectivity index (χ0n) is 21.1. The molecule has 3 atom stereocenters. The first-order chi connectivity index (χ1) is 18.1. The Morgan fingerprint density at radius 2 is 1.79 bits per heavy atom. The van der Waals surface area contributed by atoms with Gasteiger partial charge in [-0.15, -0.1) is 12.3 Å². The second kappa shape index (κ2) is 14.3. The monoisotopic (exact) mass is 542 g/mol. The molecule has 1 heterocycles. The summed E-state index contributed by atoms with van der Waals surface area (Å²) < 4.78 is 28.8. The summed E-state index contributed by atoms with van der Waals surface area (Å²) in [7, 11) is 1.77. The number of likely N-dealkylation sites (tertiary alicyclic amines) is 1. The van der Waals surface area contributed by atoms with Crippen molar-refractivity contribution in [2.24, 2.45) is 0 Å². The maximum atomic E-state index is 14.4. The fourth-order valence-electron chi connectivity index (χ4n) is 4.30. The summed E-state index contributed by atoms with van der Waals surface area (Å²) in [5, 5.41) is 19.2. The van der Waals surface area contributed by atoms with Crippen LogP contribution < -0.4 is 16.0 Å². The van der Waals surface area contributed by atoms with Crippen molar-refractivity contribution < 1.29 is 28.3 Å². The molecule has 0 aliphatic carbocycles. The molecule has 39 heavy (non-hydrogen) atoms. The molecule has 0 spiro atoms. The summed E-state index contributed by atoms with van der Waals surface area (Å²) in [4.78, 5) is 39.3. The molecule has 1 aliphatic rings. The lowest BCUT2D eigenvalue weighted by atomic mass is 9.99. The van der Waals surface area contributed by atoms with E-state index in [1.54, 1.807) is 49.5 Å². The van der Waals surface area contributed by atoms with E-state index in [0.29, 0.717) is 10.5 Å². The summed E-state index contributed by atoms with van der Waals surface area (Å²) in [6.45, 7) is -0.932. The lowest BCUT2D eigenvalue weighted by molar-refractivity contribution is -0.147. The number of carbonyl (C=O) groups excluding carboxylic acids is 3. The van der Waals surface area contributed by atoms with Crippen LogP contribution in [0.25, 0.3) is 0 Å². The van der Waals surface area contributed by atoms with E-state index in [2.05, 4.69) is 21.9 Å². The minimum absolute atomic E-state index is 0. The Balaban J connectivity index is 0.00000533. The van der Waals surface area contributed by atoms with Gasteiger partial charge in [0.05, 0.1) is 12.6 Å². The maximum absolute atomic E-state index is 14.4. The molecule has 1 fully saturated rings. The number of alkyl halides is 2. The minimum atomic E-state index is -3.31. The number of nitrogens with one attached hydrogen (secondary N) is 3. The molecule has 4 N–H and O–H groups in total. The summed E-state index contributed by atoms with van der Waals surface area (Å²) in [5.74, 6) is -3.26. The molecule has 2 aromatic rings. The largest absolute Gasteiger partial charge is 0.388 e. The van der Waals surface area contributed by atoms with Crippen molar-refractivity contribution in [1.82, 2.24) is 15.5 Å². The van der Waals surface area contributed by atoms with Gasteiger partial charge in [0, 0.05) is 38.5 Å². The highest BCUT2D eigenvalue weighted by Gasteiger charge is 2.51. The van der Waals surface area contributed by atoms with Crippen molar-refractivity contribution in [2.45, 2.75) is 63.8 Å². The van der Waals surface area contributed by atoms with Crippen LogP contribution in [0.15, 0.2) is 54.6 Å². The molecule has 0 bridgehead atoms. The van der Waals surface area contributed by atoms with Crippen LogP contribution in [0.3, 0.4) is 0 Å². The first-order valence-corrected chi connectivity index (χ1v) is 12.3. The Hall–Kier alpha value is -3.97. The molecule has 0 unspecified atom stereocenters. The molecular weight excluding hydrogens is 506 g/mol. The maximum Gasteiger partial charge on any atom is 0.267 e. The van der Waals surface area contributed by atoms with Gasteiger partial charge in [-0.05, 0) is 29.7 Å². The number of hydrogen-bond acceptors (Lipinski definition) is 5. The first-order valence-electron chi connectivity index (χ1n) is 12.3. The fraction of sp³-hybridized carbons (Fsp3) is 0.414. The summed E-state index contributed by atoms with van der Waals surface area (Å²) >= 11 is 0. The number of rotatable bonds is 11. The van der Waals surface area contributed by atoms with Crippen molar-refractivity contribution in [1.29, 1.82) is 0 Å². The fourth-order valence-corrected chi connectivity index (χ4v) is 4.30. The lowest BCUT2D eigenvalue weighted by Gasteiger charge is -2.30. The molecule has 3 amide bonds. The predicted molar refractivity (Wildman–Crippen MR) is 146 cm³/mol. The lowest BCUT2D eigenvalue weighted by Crippen LogP contribution is -2.55. The van der Waals surface area contributed by atoms with E-state index in [0.717, 1.165) is 11.3 Å². The summed E-state index contributed by atoms with van der Waals surface area (Å²) in [6, 6.07) is 13.4. The number of aliphatic hydroxyl groups is 1. The highest BCUT2D eigenvalue weighted by atomic mass is 19.3. The van der Waals surface area contributed by atoms with Crippen molar-refractivity contribution in [3.63, 3.8) is 0 Å². The smallest absolute Gasteiger partial charge is 0.267 e. The highest BCUT2D eigenvalue weighted by Crippen LogP contribution is 2.33. The van der Waals surface area contributed by atoms with Crippen LogP contribution >= 0.6 is 0 Å². The first kappa shape index (κ1) is 31.2. The number of aliphatic hydroxyl groups excluding tert-OH is 1. The van der Waals surface area contributed by atoms with Gasteiger partial charge in [-0.25, -0.2) is 8.78 Å². The van der Waals surface area contributed by atoms with E-state index >= 15 is 0 Å². The Morgan fingerprint density at radius 3 is 2.41 bits per heavy atom. The van der Waals surface area contributed by atoms with Crippen molar-refractivity contribution >= 4 is 23.4 Å². The van der Waals surface area contributed by atoms with Crippen molar-refractivity contribution in [3.8, 4) is 12.3 Å². The Labute approximate surface area is 228 Å². The third kappa shape index (κ3) is 8.79. The van der Waals surface area contributed by atoms with Crippen LogP contribution in [0, 0.1) is 12.3 Å². The molecule has 0 aromatic heterocycles. The van der Waals surface area contributed by atoms with Crippen LogP contribution in [0.2, 0.25) is 0 Å². The third-order valence-electron chi connectivity index (χ3n) is 6.34. The van der Waals surface area contributed by atoms with Crippen LogP contribution in [-0.2, 0) is 27.3 Å². The summed E-state index contributed by atoms with van der Waals surface area (Å²) in [6.07, 6.45) is 2.69. The second-order valence-electron chi connectivity index (χ2n) is 9.22. The van der Waals surface area contributed by atoms with Gasteiger partial charge >= 0.3 is 0 Å². The topological polar surface area (TPSA) is 111 Å². The highest BCUT2D eigenvalue weighted by molar-refractivity contribution is 5.91. The van der Waals surface area contributed by atoms with E-state index in [9.17, 15) is 28.3 Å². The van der Waals surface area contributed by atoms with E-state index in [-0.39, 0.29) is 33.2 Å². The second-order valence-corrected chi connectivity index (χ2v) is 9.22. The number of hydrogen-bond donors (Lipinski definition) is 4. The summed E-state index contributed by atoms with van der Waals surface area (Å²) in [5.41, 5.74) is 2.34. The SMILES string of the molecule is C.C#CCCC(=O)N[C@@H](Cc1ccccc1)[C@H](O)C(=O)N1CC(F)(F)C[C@H]1C(=O)NCc1ccc(NC)cc1. The van der Waals surface area contributed by atoms with Gasteiger partial charge in [0.15, 0.2) is 6.10 Å². The van der Waals surface area contributed by atoms with Gasteiger partial charge in [0.1, 0.15) is 6.04 Å². The average Bonchev–Trinajstić information content (AvgIpc) is 3.25. The predicted octanol–water partition coefficient (Wildman–Crippen LogP) is 2.72. The molecule has 0 saturated carbocycles. The van der Waals surface area contributed by atoms with E-state index in [1.165, 1.54) is 0 Å². The molecule has 0 radical (unpaired) electrons. The molecule has 8 nitrogen and oxygen atoms in total. The van der Waals surface area contributed by atoms with Gasteiger partial charge in [-0.1, -0.05) is 49.9 Å². The van der Waals surface area contributed by atoms with Gasteiger partial charge in [0.25, 0.3) is 11.8 Å². The molecule has 10 heteroatoms. The van der Waals surface area contributed by atoms with E-state index in [4.69, 9.17) is 6.42 Å². The van der Waals surface area contributed by atoms with Gasteiger partial charge in [-0.3, -0.25) is 14.4 Å². The molecule has 3 rings (SSSR count). The number of anilines is 1. The number of benzene rings is 2. The van der Waals surface area contributed by atoms with Crippen molar-refractivity contribution in [2.75, 3.05) is 18.9 Å². The zero-order chi connectivity index (χ0) is 27.7. The number of terminal acetylenes is 1. The van der Waals surface area contributed by atoms with E-state index < -0.39 is 54.8 Å². The Morgan fingerprint density at radius 1 is 1.13 bits per heavy atom. The van der Waals surface area contributed by atoms with Gasteiger partial charge < -0.3 is 26.0 Å². The van der Waals surface area contributed by atoms with Gasteiger partial charge in [0.2, 0.25) is 11.8 Å². The third-order valence-corrected chi connectivity index (χ3v) is 6.34. The van der Waals surface area contributed by atoms with E-state index in [1.807, 2.05) is 12.1 Å². The number of nitrogens with zero attached hydrogens (tertiary/aromatic N) is 1. The van der Waals surface area contributed by atoms with Crippen molar-refractivity contribution in [3.05, 3.63) is 65.7 Å². The molecule has 2 aromatic carbocycles. The normalized spacial score (nSPS) is 17.2. The quantitative estimate of drug-likeness (QED) is 0.327. The molecular formula is C29H36F2N4O4. The van der Waals surface area contributed by atoms with Crippen LogP contribution in [0.4, 0.5) is 14.5 Å². The Kier molecular flexibility index (Phi) is 11.4. The molecule has 210 valence electrons. The Bertz CT molecular complexity index is 1150. The average molecular weight is 543 g/mol. The standard InChI is InChI=1S/C28H32F2N4O4.CH4/c1-3-4-10-24(35)33-22(15-19-8-6-5-7-9-19)25(36)27(38)34-18-28(29,30)16-23(34)26(37)32-17-20-11-13-21(31-2)14-12-20;/h1,5-9,11-14,22-23,25,31,36H,4,10,15-18H2,2H3,(H,32,37)(H,33,35);1H4/t22-,23-,25-;/m0./s1. The number of carbonyl (C=O) groups is 3. The molecule has 1 aliphatic heterocycles. The van der Waals surface area contributed by atoms with Crippen LogP contribution in [0.1, 0.15) is 37.8 Å². The minimum Gasteiger partial charge on any atom is -0.388 e. The van der Waals surface area contributed by atoms with Crippen LogP contribution in [0.5, 0.6) is 0 Å². The zero-order valence-corrected chi connectivity index (χ0v) is 21.1. The van der Waals surface area contributed by atoms with Gasteiger partial charge in [-0.2, -0.15) is 0 Å². The number of amides is 3.